The standard InChI is InChI=1S/C5H10N4S/c1-4(2)3-6-5-7-8-9-10-5/h4H,3H2,1-2H3,(H,6,7,9). The fraction of sp³-hybridized carbons (Fsp3) is 0.800. The van der Waals surface area contributed by atoms with Gasteiger partial charge in [0.05, 0.1) is 0 Å². The molecule has 0 aliphatic heterocycles. The minimum absolute atomic E-state index is 0.629. The zero-order valence-electron chi connectivity index (χ0n) is 6.03. The van der Waals surface area contributed by atoms with Gasteiger partial charge in [-0.3, -0.25) is 0 Å². The first-order valence-electron chi connectivity index (χ1n) is 3.18. The van der Waals surface area contributed by atoms with Crippen LogP contribution in [0, 0.1) is 5.92 Å². The summed E-state index contributed by atoms with van der Waals surface area (Å²) < 4.78 is 3.62. The number of anilines is 1. The lowest BCUT2D eigenvalue weighted by Crippen LogP contribution is -2.07. The predicted octanol–water partition coefficient (Wildman–Crippen LogP) is 1.00. The normalized spacial score (nSPS) is 10.3. The molecule has 5 heteroatoms. The average molecular weight is 158 g/mol. The van der Waals surface area contributed by atoms with Crippen molar-refractivity contribution in [1.29, 1.82) is 0 Å². The molecular weight excluding hydrogens is 148 g/mol. The van der Waals surface area contributed by atoms with Crippen LogP contribution in [0.5, 0.6) is 0 Å². The fourth-order valence-electron chi connectivity index (χ4n) is 0.493. The highest BCUT2D eigenvalue weighted by Gasteiger charge is 1.96. The Labute approximate surface area is 63.8 Å². The van der Waals surface area contributed by atoms with Crippen LogP contribution in [0.25, 0.3) is 0 Å². The molecule has 4 nitrogen and oxygen atoms in total. The Balaban J connectivity index is 2.28. The molecule has 1 N–H and O–H groups in total. The second-order valence-corrected chi connectivity index (χ2v) is 3.17. The van der Waals surface area contributed by atoms with Crippen LogP contribution in [0.3, 0.4) is 0 Å². The summed E-state index contributed by atoms with van der Waals surface area (Å²) in [4.78, 5) is 0. The fourth-order valence-corrected chi connectivity index (χ4v) is 0.864. The molecule has 0 amide bonds. The van der Waals surface area contributed by atoms with E-state index in [9.17, 15) is 0 Å². The number of hydrogen-bond acceptors (Lipinski definition) is 5. The van der Waals surface area contributed by atoms with E-state index in [0.717, 1.165) is 11.7 Å². The first-order chi connectivity index (χ1) is 4.79. The topological polar surface area (TPSA) is 50.7 Å². The van der Waals surface area contributed by atoms with E-state index in [1.807, 2.05) is 0 Å². The van der Waals surface area contributed by atoms with E-state index in [1.54, 1.807) is 0 Å². The maximum absolute atomic E-state index is 3.73. The summed E-state index contributed by atoms with van der Waals surface area (Å²) >= 11 is 1.28. The molecular formula is C5H10N4S. The molecule has 1 aromatic rings. The van der Waals surface area contributed by atoms with Crippen molar-refractivity contribution in [2.24, 2.45) is 5.92 Å². The van der Waals surface area contributed by atoms with E-state index in [4.69, 9.17) is 0 Å². The van der Waals surface area contributed by atoms with Crippen molar-refractivity contribution in [2.45, 2.75) is 13.8 Å². The van der Waals surface area contributed by atoms with Crippen LogP contribution in [0.1, 0.15) is 13.8 Å². The largest absolute Gasteiger partial charge is 0.359 e. The Morgan fingerprint density at radius 2 is 2.40 bits per heavy atom. The molecule has 0 aliphatic rings. The van der Waals surface area contributed by atoms with Gasteiger partial charge >= 0.3 is 0 Å². The highest BCUT2D eigenvalue weighted by Crippen LogP contribution is 2.05. The van der Waals surface area contributed by atoms with Crippen molar-refractivity contribution in [3.05, 3.63) is 0 Å². The van der Waals surface area contributed by atoms with Crippen molar-refractivity contribution in [2.75, 3.05) is 11.9 Å². The lowest BCUT2D eigenvalue weighted by molar-refractivity contribution is 0.687. The van der Waals surface area contributed by atoms with E-state index < -0.39 is 0 Å². The summed E-state index contributed by atoms with van der Waals surface area (Å²) in [5, 5.41) is 11.1. The summed E-state index contributed by atoms with van der Waals surface area (Å²) in [6.45, 7) is 5.21. The van der Waals surface area contributed by atoms with E-state index in [0.29, 0.717) is 5.92 Å². The quantitative estimate of drug-likeness (QED) is 0.713. The molecule has 0 aromatic carbocycles. The number of nitrogens with one attached hydrogen (secondary N) is 1. The molecule has 56 valence electrons. The van der Waals surface area contributed by atoms with Crippen LogP contribution in [0.2, 0.25) is 0 Å². The van der Waals surface area contributed by atoms with Gasteiger partial charge in [-0.15, -0.1) is 0 Å². The molecule has 0 spiro atoms. The Hall–Kier alpha value is -0.710. The summed E-state index contributed by atoms with van der Waals surface area (Å²) in [5.41, 5.74) is 0. The van der Waals surface area contributed by atoms with Gasteiger partial charge in [-0.05, 0) is 11.1 Å². The number of aromatic nitrogens is 3. The molecule has 0 aliphatic carbocycles. The molecule has 10 heavy (non-hydrogen) atoms. The molecule has 0 unspecified atom stereocenters. The first-order valence-corrected chi connectivity index (χ1v) is 3.95. The zero-order chi connectivity index (χ0) is 7.40. The van der Waals surface area contributed by atoms with Crippen molar-refractivity contribution in [3.63, 3.8) is 0 Å². The Kier molecular flexibility index (Phi) is 2.56. The molecule has 1 heterocycles. The van der Waals surface area contributed by atoms with E-state index in [2.05, 4.69) is 34.0 Å². The number of nitrogens with zero attached hydrogens (tertiary/aromatic N) is 3. The van der Waals surface area contributed by atoms with E-state index in [1.165, 1.54) is 11.5 Å². The molecule has 0 saturated carbocycles. The van der Waals surface area contributed by atoms with E-state index >= 15 is 0 Å². The summed E-state index contributed by atoms with van der Waals surface area (Å²) in [6, 6.07) is 0. The Morgan fingerprint density at radius 3 is 2.90 bits per heavy atom. The van der Waals surface area contributed by atoms with Crippen LogP contribution in [-0.4, -0.2) is 21.3 Å². The lowest BCUT2D eigenvalue weighted by Gasteiger charge is -2.02. The second kappa shape index (κ2) is 3.46. The SMILES string of the molecule is CC(C)CNc1nnns1. The first kappa shape index (κ1) is 7.40. The van der Waals surface area contributed by atoms with Crippen LogP contribution in [-0.2, 0) is 0 Å². The maximum Gasteiger partial charge on any atom is 0.225 e. The molecule has 0 fully saturated rings. The van der Waals surface area contributed by atoms with Gasteiger partial charge in [0.15, 0.2) is 0 Å². The van der Waals surface area contributed by atoms with Crippen molar-refractivity contribution in [1.82, 2.24) is 14.8 Å². The van der Waals surface area contributed by atoms with Gasteiger partial charge < -0.3 is 5.32 Å². The Bertz CT molecular complexity index is 172. The van der Waals surface area contributed by atoms with Crippen molar-refractivity contribution in [3.8, 4) is 0 Å². The summed E-state index contributed by atoms with van der Waals surface area (Å²) in [7, 11) is 0. The molecule has 1 rings (SSSR count). The highest BCUT2D eigenvalue weighted by atomic mass is 32.1. The van der Waals surface area contributed by atoms with Gasteiger partial charge in [-0.25, -0.2) is 0 Å². The smallest absolute Gasteiger partial charge is 0.225 e. The van der Waals surface area contributed by atoms with Gasteiger partial charge in [-0.1, -0.05) is 23.4 Å². The summed E-state index contributed by atoms with van der Waals surface area (Å²) in [6.07, 6.45) is 0. The lowest BCUT2D eigenvalue weighted by atomic mass is 10.2. The van der Waals surface area contributed by atoms with Crippen LogP contribution >= 0.6 is 11.5 Å². The molecule has 0 bridgehead atoms. The zero-order valence-corrected chi connectivity index (χ0v) is 6.85. The van der Waals surface area contributed by atoms with E-state index in [-0.39, 0.29) is 0 Å². The van der Waals surface area contributed by atoms with Crippen molar-refractivity contribution < 1.29 is 0 Å². The molecule has 0 saturated heterocycles. The van der Waals surface area contributed by atoms with Crippen LogP contribution in [0.4, 0.5) is 5.13 Å². The number of hydrogen-bond donors (Lipinski definition) is 1. The Morgan fingerprint density at radius 1 is 1.60 bits per heavy atom. The third-order valence-corrected chi connectivity index (χ3v) is 1.51. The van der Waals surface area contributed by atoms with Gasteiger partial charge in [0.2, 0.25) is 5.13 Å². The third-order valence-electron chi connectivity index (χ3n) is 0.961. The van der Waals surface area contributed by atoms with Gasteiger partial charge in [0.1, 0.15) is 0 Å². The minimum atomic E-state index is 0.629. The maximum atomic E-state index is 3.73. The minimum Gasteiger partial charge on any atom is -0.359 e. The summed E-state index contributed by atoms with van der Waals surface area (Å²) in [5.74, 6) is 0.629. The van der Waals surface area contributed by atoms with Crippen molar-refractivity contribution >= 4 is 16.7 Å². The highest BCUT2D eigenvalue weighted by molar-refractivity contribution is 7.09. The van der Waals surface area contributed by atoms with Gasteiger partial charge in [0, 0.05) is 18.1 Å². The predicted molar refractivity (Wildman–Crippen MR) is 41.0 cm³/mol. The van der Waals surface area contributed by atoms with Crippen LogP contribution < -0.4 is 5.32 Å². The monoisotopic (exact) mass is 158 g/mol. The van der Waals surface area contributed by atoms with Gasteiger partial charge in [-0.2, -0.15) is 0 Å². The second-order valence-electron chi connectivity index (χ2n) is 2.44. The third kappa shape index (κ3) is 2.26. The average Bonchev–Trinajstić information content (AvgIpc) is 2.34. The van der Waals surface area contributed by atoms with Crippen LogP contribution in [0.15, 0.2) is 0 Å². The molecule has 0 atom stereocenters. The number of rotatable bonds is 3. The van der Waals surface area contributed by atoms with Gasteiger partial charge in [0.25, 0.3) is 0 Å². The molecule has 1 aromatic heterocycles. The molecule has 0 radical (unpaired) electrons.